The monoisotopic (exact) mass is 1440 g/mol. The Morgan fingerprint density at radius 1 is 0.276 bits per heavy atom. The van der Waals surface area contributed by atoms with Crippen LogP contribution in [0.25, 0.3) is 0 Å². The number of hydrogen-bond acceptors (Lipinski definition) is 15. The lowest BCUT2D eigenvalue weighted by Crippen LogP contribution is -2.30. The predicted octanol–water partition coefficient (Wildman–Crippen LogP) is 23.4. The Labute approximate surface area is 600 Å². The van der Waals surface area contributed by atoms with Crippen molar-refractivity contribution in [3.8, 4) is 0 Å². The highest BCUT2D eigenvalue weighted by Crippen LogP contribution is 2.45. The van der Waals surface area contributed by atoms with Crippen molar-refractivity contribution in [3.63, 3.8) is 0 Å². The zero-order valence-corrected chi connectivity index (χ0v) is 66.0. The fourth-order valence-corrected chi connectivity index (χ4v) is 13.7. The summed E-state index contributed by atoms with van der Waals surface area (Å²) in [5, 5.41) is 10.6. The van der Waals surface area contributed by atoms with E-state index in [2.05, 4.69) is 48.5 Å². The van der Waals surface area contributed by atoms with Gasteiger partial charge in [0.15, 0.2) is 12.2 Å². The molecule has 0 bridgehead atoms. The standard InChI is InChI=1S/C79H154O17P2/c1-8-9-10-11-12-13-14-15-16-17-18-19-20-21-22-23-24-27-31-41-48-55-62-78(83)95-74(66-89-76(81)60-53-46-39-30-28-25-26-29-36-43-50-57-70(2)3)68-93-97(85,86)91-64-73(80)65-92-98(87,88)94-69-75(96-79(84)63-56-49-42-35-33-38-45-52-59-72(6)7)67-90-77(82)61-54-47-40-34-32-37-44-51-58-71(4)5/h70-75,80H,8-69H2,1-7H3,(H,85,86)(H,87,88)/t73-,74-,75-/m1/s1. The zero-order valence-electron chi connectivity index (χ0n) is 64.3. The average Bonchev–Trinajstić information content (AvgIpc) is 1.15. The van der Waals surface area contributed by atoms with Crippen LogP contribution in [-0.4, -0.2) is 96.7 Å². The Bertz CT molecular complexity index is 1900. The topological polar surface area (TPSA) is 237 Å². The summed E-state index contributed by atoms with van der Waals surface area (Å²) in [7, 11) is -9.92. The van der Waals surface area contributed by atoms with Crippen molar-refractivity contribution in [1.82, 2.24) is 0 Å². The number of phosphoric ester groups is 2. The normalized spacial score (nSPS) is 14.0. The fraction of sp³-hybridized carbons (Fsp3) is 0.949. The van der Waals surface area contributed by atoms with Gasteiger partial charge in [0.1, 0.15) is 19.3 Å². The Kier molecular flexibility index (Phi) is 68.1. The van der Waals surface area contributed by atoms with Crippen molar-refractivity contribution >= 4 is 39.5 Å². The van der Waals surface area contributed by atoms with Crippen molar-refractivity contribution in [2.75, 3.05) is 39.6 Å². The summed E-state index contributed by atoms with van der Waals surface area (Å²) in [5.41, 5.74) is 0. The molecule has 0 amide bonds. The highest BCUT2D eigenvalue weighted by Gasteiger charge is 2.30. The second kappa shape index (κ2) is 69.4. The molecule has 3 N–H and O–H groups in total. The minimum absolute atomic E-state index is 0.104. The average molecular weight is 1440 g/mol. The van der Waals surface area contributed by atoms with Crippen LogP contribution >= 0.6 is 15.6 Å². The fourth-order valence-electron chi connectivity index (χ4n) is 12.1. The molecule has 0 saturated heterocycles. The van der Waals surface area contributed by atoms with Gasteiger partial charge in [-0.3, -0.25) is 37.3 Å². The van der Waals surface area contributed by atoms with Crippen LogP contribution in [0.5, 0.6) is 0 Å². The van der Waals surface area contributed by atoms with E-state index in [1.54, 1.807) is 0 Å². The Morgan fingerprint density at radius 2 is 0.469 bits per heavy atom. The van der Waals surface area contributed by atoms with E-state index in [4.69, 9.17) is 37.0 Å². The Balaban J connectivity index is 5.20. The van der Waals surface area contributed by atoms with Crippen LogP contribution in [0.3, 0.4) is 0 Å². The number of phosphoric acid groups is 2. The first kappa shape index (κ1) is 96.1. The lowest BCUT2D eigenvalue weighted by molar-refractivity contribution is -0.161. The molecule has 19 heteroatoms. The van der Waals surface area contributed by atoms with Gasteiger partial charge in [0.2, 0.25) is 0 Å². The van der Waals surface area contributed by atoms with Gasteiger partial charge in [0.25, 0.3) is 0 Å². The highest BCUT2D eigenvalue weighted by molar-refractivity contribution is 7.47. The van der Waals surface area contributed by atoms with Gasteiger partial charge in [-0.2, -0.15) is 0 Å². The van der Waals surface area contributed by atoms with Crippen molar-refractivity contribution in [2.45, 2.75) is 426 Å². The van der Waals surface area contributed by atoms with Gasteiger partial charge < -0.3 is 33.8 Å². The first-order chi connectivity index (χ1) is 47.2. The van der Waals surface area contributed by atoms with E-state index >= 15 is 0 Å². The van der Waals surface area contributed by atoms with Gasteiger partial charge in [-0.1, -0.05) is 357 Å². The van der Waals surface area contributed by atoms with E-state index in [0.717, 1.165) is 108 Å². The molecule has 0 aromatic carbocycles. The molecule has 0 heterocycles. The smallest absolute Gasteiger partial charge is 0.462 e. The Morgan fingerprint density at radius 3 is 0.694 bits per heavy atom. The van der Waals surface area contributed by atoms with Gasteiger partial charge in [0, 0.05) is 25.7 Å². The van der Waals surface area contributed by atoms with Gasteiger partial charge in [0.05, 0.1) is 26.4 Å². The summed E-state index contributed by atoms with van der Waals surface area (Å²) in [6.45, 7) is 11.8. The molecule has 98 heavy (non-hydrogen) atoms. The number of carbonyl (C=O) groups is 4. The van der Waals surface area contributed by atoms with Crippen LogP contribution < -0.4 is 0 Å². The minimum Gasteiger partial charge on any atom is -0.462 e. The molecule has 0 rings (SSSR count). The van der Waals surface area contributed by atoms with Crippen molar-refractivity contribution in [3.05, 3.63) is 0 Å². The SMILES string of the molecule is CCCCCCCCCCCCCCCCCCCCCCCCC(=O)O[C@H](COC(=O)CCCCCCCCCCCCCC(C)C)COP(=O)(O)OC[C@@H](O)COP(=O)(O)OC[C@@H](COC(=O)CCCCCCCCCCC(C)C)OC(=O)CCCCCCCCCCC(C)C. The van der Waals surface area contributed by atoms with E-state index < -0.39 is 97.5 Å². The van der Waals surface area contributed by atoms with Crippen LogP contribution in [0.2, 0.25) is 0 Å². The summed E-state index contributed by atoms with van der Waals surface area (Å²) in [5.74, 6) is 0.0972. The third kappa shape index (κ3) is 72.4. The molecule has 0 aliphatic rings. The maximum atomic E-state index is 13.1. The number of unbranched alkanes of at least 4 members (excludes halogenated alkanes) is 45. The van der Waals surface area contributed by atoms with Crippen molar-refractivity contribution in [1.29, 1.82) is 0 Å². The molecular weight excluding hydrogens is 1280 g/mol. The third-order valence-corrected chi connectivity index (χ3v) is 20.3. The first-order valence-electron chi connectivity index (χ1n) is 40.8. The second-order valence-corrected chi connectivity index (χ2v) is 32.8. The van der Waals surface area contributed by atoms with E-state index in [0.29, 0.717) is 25.7 Å². The number of esters is 4. The third-order valence-electron chi connectivity index (χ3n) is 18.4. The maximum absolute atomic E-state index is 13.1. The number of rotatable bonds is 77. The van der Waals surface area contributed by atoms with Gasteiger partial charge in [-0.15, -0.1) is 0 Å². The number of aliphatic hydroxyl groups is 1. The van der Waals surface area contributed by atoms with E-state index in [1.807, 2.05) is 0 Å². The van der Waals surface area contributed by atoms with E-state index in [9.17, 15) is 43.2 Å². The number of ether oxygens (including phenoxy) is 4. The molecule has 0 fully saturated rings. The molecule has 5 atom stereocenters. The van der Waals surface area contributed by atoms with E-state index in [1.165, 1.54) is 218 Å². The maximum Gasteiger partial charge on any atom is 0.472 e. The minimum atomic E-state index is -4.96. The molecule has 0 aromatic heterocycles. The summed E-state index contributed by atoms with van der Waals surface area (Å²) in [6, 6.07) is 0. The van der Waals surface area contributed by atoms with Crippen LogP contribution in [0.4, 0.5) is 0 Å². The molecule has 0 aromatic rings. The zero-order chi connectivity index (χ0) is 72.3. The molecule has 582 valence electrons. The molecule has 2 unspecified atom stereocenters. The highest BCUT2D eigenvalue weighted by atomic mass is 31.2. The van der Waals surface area contributed by atoms with Crippen LogP contribution in [0, 0.1) is 17.8 Å². The molecular formula is C79H154O17P2. The number of aliphatic hydroxyl groups excluding tert-OH is 1. The molecule has 0 saturated carbocycles. The molecule has 0 aliphatic carbocycles. The second-order valence-electron chi connectivity index (χ2n) is 29.9. The van der Waals surface area contributed by atoms with E-state index in [-0.39, 0.29) is 25.7 Å². The summed E-state index contributed by atoms with van der Waals surface area (Å²) < 4.78 is 68.6. The van der Waals surface area contributed by atoms with Crippen molar-refractivity contribution < 1.29 is 80.2 Å². The van der Waals surface area contributed by atoms with Crippen LogP contribution in [0.15, 0.2) is 0 Å². The molecule has 0 radical (unpaired) electrons. The van der Waals surface area contributed by atoms with Crippen molar-refractivity contribution in [2.24, 2.45) is 17.8 Å². The summed E-state index contributed by atoms with van der Waals surface area (Å²) in [4.78, 5) is 72.9. The molecule has 0 aliphatic heterocycles. The van der Waals surface area contributed by atoms with Gasteiger partial charge in [-0.25, -0.2) is 9.13 Å². The van der Waals surface area contributed by atoms with Crippen LogP contribution in [0.1, 0.15) is 408 Å². The summed E-state index contributed by atoms with van der Waals surface area (Å²) >= 11 is 0. The summed E-state index contributed by atoms with van der Waals surface area (Å²) in [6.07, 6.45) is 57.2. The number of carbonyl (C=O) groups excluding carboxylic acids is 4. The number of hydrogen-bond donors (Lipinski definition) is 3. The quantitative estimate of drug-likeness (QED) is 0.0222. The van der Waals surface area contributed by atoms with Crippen LogP contribution in [-0.2, 0) is 65.4 Å². The lowest BCUT2D eigenvalue weighted by Gasteiger charge is -2.21. The molecule has 0 spiro atoms. The first-order valence-corrected chi connectivity index (χ1v) is 43.8. The largest absolute Gasteiger partial charge is 0.472 e. The lowest BCUT2D eigenvalue weighted by atomic mass is 10.0. The van der Waals surface area contributed by atoms with Gasteiger partial charge in [-0.05, 0) is 43.4 Å². The predicted molar refractivity (Wildman–Crippen MR) is 400 cm³/mol. The molecule has 17 nitrogen and oxygen atoms in total. The Hall–Kier alpha value is -1.94. The van der Waals surface area contributed by atoms with Gasteiger partial charge >= 0.3 is 39.5 Å².